The molecule has 2 heteroatoms. The van der Waals surface area contributed by atoms with E-state index in [9.17, 15) is 0 Å². The fourth-order valence-electron chi connectivity index (χ4n) is 0.751. The van der Waals surface area contributed by atoms with Gasteiger partial charge in [-0.3, -0.25) is 0 Å². The summed E-state index contributed by atoms with van der Waals surface area (Å²) >= 11 is 5.83. The molecule has 0 unspecified atom stereocenters. The van der Waals surface area contributed by atoms with Gasteiger partial charge in [0.05, 0.1) is 0 Å². The van der Waals surface area contributed by atoms with Crippen LogP contribution in [-0.4, -0.2) is 0 Å². The molecule has 0 aliphatic carbocycles. The van der Waals surface area contributed by atoms with Crippen LogP contribution in [0.25, 0.3) is 0 Å². The Kier molecular flexibility index (Phi) is 2.30. The Morgan fingerprint density at radius 2 is 2.40 bits per heavy atom. The van der Waals surface area contributed by atoms with Gasteiger partial charge in [-0.15, -0.1) is 0 Å². The maximum Gasteiger partial charge on any atom is 0.0453 e. The fourth-order valence-corrected chi connectivity index (χ4v) is 1.05. The molecule has 0 spiro atoms. The van der Waals surface area contributed by atoms with E-state index in [1.54, 1.807) is 0 Å². The smallest absolute Gasteiger partial charge is 0.0453 e. The zero-order chi connectivity index (χ0) is 7.56. The first-order valence-corrected chi connectivity index (χ1v) is 3.48. The third-order valence-electron chi connectivity index (χ3n) is 1.34. The summed E-state index contributed by atoms with van der Waals surface area (Å²) in [7, 11) is 0. The largest absolute Gasteiger partial charge is 0.326 e. The van der Waals surface area contributed by atoms with Gasteiger partial charge in [0.1, 0.15) is 0 Å². The van der Waals surface area contributed by atoms with Crippen LogP contribution in [0, 0.1) is 13.0 Å². The van der Waals surface area contributed by atoms with Gasteiger partial charge < -0.3 is 5.73 Å². The lowest BCUT2D eigenvalue weighted by Crippen LogP contribution is -1.96. The van der Waals surface area contributed by atoms with Crippen molar-refractivity contribution in [2.75, 3.05) is 0 Å². The molecule has 0 heterocycles. The minimum Gasteiger partial charge on any atom is -0.326 e. The first kappa shape index (κ1) is 7.58. The number of aryl methyl sites for hydroxylation is 1. The molecule has 0 atom stereocenters. The van der Waals surface area contributed by atoms with Crippen molar-refractivity contribution < 1.29 is 0 Å². The van der Waals surface area contributed by atoms with Crippen LogP contribution in [0.1, 0.15) is 11.1 Å². The predicted molar refractivity (Wildman–Crippen MR) is 42.9 cm³/mol. The number of nitrogens with two attached hydrogens (primary N) is 1. The lowest BCUT2D eigenvalue weighted by molar-refractivity contribution is 1.07. The molecule has 1 rings (SSSR count). The van der Waals surface area contributed by atoms with Gasteiger partial charge in [-0.05, 0) is 36.2 Å². The lowest BCUT2D eigenvalue weighted by Gasteiger charge is -1.99. The molecule has 1 radical (unpaired) electrons. The van der Waals surface area contributed by atoms with Crippen LogP contribution in [-0.2, 0) is 6.54 Å². The van der Waals surface area contributed by atoms with Crippen LogP contribution in [0.2, 0.25) is 5.02 Å². The zero-order valence-corrected chi connectivity index (χ0v) is 6.57. The molecule has 10 heavy (non-hydrogen) atoms. The third-order valence-corrected chi connectivity index (χ3v) is 1.70. The van der Waals surface area contributed by atoms with E-state index < -0.39 is 0 Å². The maximum atomic E-state index is 5.83. The highest BCUT2D eigenvalue weighted by molar-refractivity contribution is 6.31. The van der Waals surface area contributed by atoms with E-state index in [4.69, 9.17) is 17.3 Å². The summed E-state index contributed by atoms with van der Waals surface area (Å²) in [6, 6.07) is 6.72. The van der Waals surface area contributed by atoms with E-state index in [1.807, 2.05) is 19.1 Å². The van der Waals surface area contributed by atoms with E-state index in [-0.39, 0.29) is 0 Å². The molecule has 0 aliphatic heterocycles. The van der Waals surface area contributed by atoms with E-state index in [1.165, 1.54) is 0 Å². The number of hydrogen-bond donors (Lipinski definition) is 1. The number of rotatable bonds is 1. The molecule has 1 aromatic carbocycles. The summed E-state index contributed by atoms with van der Waals surface area (Å²) in [5.74, 6) is 0. The van der Waals surface area contributed by atoms with Gasteiger partial charge >= 0.3 is 0 Å². The van der Waals surface area contributed by atoms with Crippen molar-refractivity contribution in [2.24, 2.45) is 5.73 Å². The van der Waals surface area contributed by atoms with Gasteiger partial charge in [0.2, 0.25) is 0 Å². The molecule has 0 saturated heterocycles. The third kappa shape index (κ3) is 1.49. The van der Waals surface area contributed by atoms with E-state index in [0.717, 1.165) is 16.1 Å². The van der Waals surface area contributed by atoms with Crippen molar-refractivity contribution in [1.29, 1.82) is 0 Å². The average Bonchev–Trinajstić information content (AvgIpc) is 1.88. The zero-order valence-electron chi connectivity index (χ0n) is 5.82. The molecule has 2 N–H and O–H groups in total. The second kappa shape index (κ2) is 3.04. The van der Waals surface area contributed by atoms with Crippen molar-refractivity contribution >= 4 is 11.6 Å². The van der Waals surface area contributed by atoms with Crippen LogP contribution in [0.3, 0.4) is 0 Å². The van der Waals surface area contributed by atoms with Gasteiger partial charge in [0, 0.05) is 11.6 Å². The quantitative estimate of drug-likeness (QED) is 0.657. The Bertz CT molecular complexity index is 233. The van der Waals surface area contributed by atoms with Crippen molar-refractivity contribution in [3.8, 4) is 0 Å². The van der Waals surface area contributed by atoms with E-state index >= 15 is 0 Å². The SMILES string of the molecule is Cc1[c]cc(CN)c(Cl)c1. The molecular weight excluding hydrogens is 146 g/mol. The van der Waals surface area contributed by atoms with Gasteiger partial charge in [-0.25, -0.2) is 0 Å². The number of benzene rings is 1. The second-order valence-electron chi connectivity index (χ2n) is 2.19. The molecule has 0 aliphatic rings. The summed E-state index contributed by atoms with van der Waals surface area (Å²) in [4.78, 5) is 0. The highest BCUT2D eigenvalue weighted by Crippen LogP contribution is 2.15. The Labute approximate surface area is 65.8 Å². The first-order chi connectivity index (χ1) is 4.74. The topological polar surface area (TPSA) is 26.0 Å². The van der Waals surface area contributed by atoms with Crippen molar-refractivity contribution in [1.82, 2.24) is 0 Å². The minimum atomic E-state index is 0.482. The van der Waals surface area contributed by atoms with Gasteiger partial charge in [0.15, 0.2) is 0 Å². The summed E-state index contributed by atoms with van der Waals surface area (Å²) < 4.78 is 0. The molecule has 0 aromatic heterocycles. The van der Waals surface area contributed by atoms with Crippen LogP contribution in [0.5, 0.6) is 0 Å². The standard InChI is InChI=1S/C8H9ClN/c1-6-2-3-7(5-10)8(9)4-6/h3-4H,5,10H2,1H3. The van der Waals surface area contributed by atoms with Crippen molar-refractivity contribution in [3.63, 3.8) is 0 Å². The van der Waals surface area contributed by atoms with Crippen LogP contribution >= 0.6 is 11.6 Å². The summed E-state index contributed by atoms with van der Waals surface area (Å²) in [5, 5.41) is 0.735. The highest BCUT2D eigenvalue weighted by Gasteiger charge is 1.96. The molecule has 53 valence electrons. The van der Waals surface area contributed by atoms with Crippen molar-refractivity contribution in [3.05, 3.63) is 34.3 Å². The van der Waals surface area contributed by atoms with Crippen LogP contribution < -0.4 is 5.73 Å². The number of hydrogen-bond acceptors (Lipinski definition) is 1. The Balaban J connectivity index is 3.07. The molecule has 0 fully saturated rings. The maximum absolute atomic E-state index is 5.83. The predicted octanol–water partition coefficient (Wildman–Crippen LogP) is 1.91. The minimum absolute atomic E-state index is 0.482. The highest BCUT2D eigenvalue weighted by atomic mass is 35.5. The van der Waals surface area contributed by atoms with E-state index in [2.05, 4.69) is 6.07 Å². The normalized spacial score (nSPS) is 9.90. The van der Waals surface area contributed by atoms with Crippen LogP contribution in [0.15, 0.2) is 12.1 Å². The molecule has 0 bridgehead atoms. The summed E-state index contributed by atoms with van der Waals surface area (Å²) in [6.07, 6.45) is 0. The van der Waals surface area contributed by atoms with Gasteiger partial charge in [0.25, 0.3) is 0 Å². The Hall–Kier alpha value is -0.530. The summed E-state index contributed by atoms with van der Waals surface area (Å²) in [6.45, 7) is 2.43. The monoisotopic (exact) mass is 154 g/mol. The molecular formula is C8H9ClN. The van der Waals surface area contributed by atoms with Crippen molar-refractivity contribution in [2.45, 2.75) is 13.5 Å². The van der Waals surface area contributed by atoms with E-state index in [0.29, 0.717) is 6.54 Å². The summed E-state index contributed by atoms with van der Waals surface area (Å²) in [5.41, 5.74) is 7.39. The van der Waals surface area contributed by atoms with Gasteiger partial charge in [-0.2, -0.15) is 0 Å². The molecule has 1 aromatic rings. The Morgan fingerprint density at radius 1 is 1.70 bits per heavy atom. The molecule has 1 nitrogen and oxygen atoms in total. The molecule has 0 amide bonds. The Morgan fingerprint density at radius 3 is 2.90 bits per heavy atom. The second-order valence-corrected chi connectivity index (χ2v) is 2.60. The van der Waals surface area contributed by atoms with Gasteiger partial charge in [-0.1, -0.05) is 11.6 Å². The fraction of sp³-hybridized carbons (Fsp3) is 0.250. The average molecular weight is 155 g/mol. The molecule has 0 saturated carbocycles. The number of halogens is 1. The lowest BCUT2D eigenvalue weighted by atomic mass is 10.1. The van der Waals surface area contributed by atoms with Crippen LogP contribution in [0.4, 0.5) is 0 Å². The first-order valence-electron chi connectivity index (χ1n) is 3.11.